The molecule has 0 spiro atoms. The molecular formula is C20H30N2O2. The van der Waals surface area contributed by atoms with Crippen LogP contribution in [0.3, 0.4) is 0 Å². The number of unbranched alkanes of at least 4 members (excludes halogenated alkanes) is 3. The minimum atomic E-state index is -0.373. The number of hydrogen-bond acceptors (Lipinski definition) is 3. The van der Waals surface area contributed by atoms with Gasteiger partial charge in [-0.05, 0) is 55.0 Å². The van der Waals surface area contributed by atoms with Gasteiger partial charge in [0, 0.05) is 6.54 Å². The van der Waals surface area contributed by atoms with Gasteiger partial charge in [-0.3, -0.25) is 4.98 Å². The zero-order valence-electron chi connectivity index (χ0n) is 15.2. The van der Waals surface area contributed by atoms with E-state index in [0.29, 0.717) is 11.5 Å². The van der Waals surface area contributed by atoms with Crippen LogP contribution in [-0.2, 0) is 5.41 Å². The largest absolute Gasteiger partial charge is 0.417 e. The highest BCUT2D eigenvalue weighted by atomic mass is 16.4. The number of likely N-dealkylation sites (tertiary alicyclic amines) is 1. The monoisotopic (exact) mass is 330 g/mol. The standard InChI is InChI=1S/C20H30N2O2/c1-4-5-6-7-11-22-12-10-20(3,15(2)14-22)16-8-9-17-18(13-16)24-19(23)21-17/h8-9,13,15H,4-7,10-12,14H2,1-3H3,(H,21,23). The van der Waals surface area contributed by atoms with E-state index in [2.05, 4.69) is 42.8 Å². The van der Waals surface area contributed by atoms with E-state index in [0.717, 1.165) is 25.0 Å². The molecule has 0 aliphatic carbocycles. The van der Waals surface area contributed by atoms with Crippen molar-refractivity contribution in [2.24, 2.45) is 5.92 Å². The van der Waals surface area contributed by atoms with Crippen molar-refractivity contribution in [1.82, 2.24) is 9.88 Å². The molecule has 4 heteroatoms. The molecule has 2 unspecified atom stereocenters. The van der Waals surface area contributed by atoms with Gasteiger partial charge in [-0.25, -0.2) is 4.79 Å². The Morgan fingerprint density at radius 3 is 2.92 bits per heavy atom. The van der Waals surface area contributed by atoms with Crippen LogP contribution in [0, 0.1) is 5.92 Å². The van der Waals surface area contributed by atoms with Crippen molar-refractivity contribution in [3.05, 3.63) is 34.3 Å². The molecule has 1 saturated heterocycles. The van der Waals surface area contributed by atoms with Crippen LogP contribution in [0.4, 0.5) is 0 Å². The molecular weight excluding hydrogens is 300 g/mol. The van der Waals surface area contributed by atoms with E-state index < -0.39 is 0 Å². The molecule has 0 saturated carbocycles. The van der Waals surface area contributed by atoms with Crippen molar-refractivity contribution in [3.63, 3.8) is 0 Å². The molecule has 2 atom stereocenters. The Labute approximate surface area is 144 Å². The number of piperidine rings is 1. The first kappa shape index (κ1) is 17.3. The molecule has 1 N–H and O–H groups in total. The van der Waals surface area contributed by atoms with E-state index in [-0.39, 0.29) is 11.2 Å². The number of rotatable bonds is 6. The van der Waals surface area contributed by atoms with Crippen LogP contribution < -0.4 is 5.76 Å². The Bertz CT molecular complexity index is 733. The maximum Gasteiger partial charge on any atom is 0.417 e. The van der Waals surface area contributed by atoms with Crippen molar-refractivity contribution in [2.45, 2.75) is 58.3 Å². The Balaban J connectivity index is 1.69. The average Bonchev–Trinajstić information content (AvgIpc) is 2.94. The molecule has 2 aromatic rings. The maximum atomic E-state index is 11.4. The first-order valence-corrected chi connectivity index (χ1v) is 9.38. The lowest BCUT2D eigenvalue weighted by molar-refractivity contribution is 0.109. The molecule has 0 radical (unpaired) electrons. The summed E-state index contributed by atoms with van der Waals surface area (Å²) in [4.78, 5) is 16.7. The number of oxazole rings is 1. The van der Waals surface area contributed by atoms with Crippen LogP contribution >= 0.6 is 0 Å². The third kappa shape index (κ3) is 3.44. The van der Waals surface area contributed by atoms with Gasteiger partial charge in [0.25, 0.3) is 0 Å². The van der Waals surface area contributed by atoms with E-state index in [1.807, 2.05) is 6.07 Å². The number of H-pyrrole nitrogens is 1. The van der Waals surface area contributed by atoms with Gasteiger partial charge in [0.15, 0.2) is 5.58 Å². The van der Waals surface area contributed by atoms with Crippen LogP contribution in [0.2, 0.25) is 0 Å². The van der Waals surface area contributed by atoms with E-state index in [9.17, 15) is 4.79 Å². The molecule has 1 fully saturated rings. The molecule has 24 heavy (non-hydrogen) atoms. The summed E-state index contributed by atoms with van der Waals surface area (Å²) in [5, 5.41) is 0. The number of benzene rings is 1. The Kier molecular flexibility index (Phi) is 5.14. The van der Waals surface area contributed by atoms with Crippen molar-refractivity contribution >= 4 is 11.1 Å². The quantitative estimate of drug-likeness (QED) is 0.803. The van der Waals surface area contributed by atoms with Gasteiger partial charge in [-0.1, -0.05) is 46.1 Å². The topological polar surface area (TPSA) is 49.2 Å². The molecule has 1 aliphatic rings. The average molecular weight is 330 g/mol. The number of nitrogens with zero attached hydrogens (tertiary/aromatic N) is 1. The Morgan fingerprint density at radius 2 is 2.17 bits per heavy atom. The van der Waals surface area contributed by atoms with Gasteiger partial charge in [0.1, 0.15) is 0 Å². The zero-order valence-corrected chi connectivity index (χ0v) is 15.2. The summed E-state index contributed by atoms with van der Waals surface area (Å²) in [6.07, 6.45) is 6.47. The number of fused-ring (bicyclic) bond motifs is 1. The fourth-order valence-corrected chi connectivity index (χ4v) is 4.01. The highest BCUT2D eigenvalue weighted by molar-refractivity contribution is 5.73. The minimum absolute atomic E-state index is 0.143. The van der Waals surface area contributed by atoms with Crippen molar-refractivity contribution in [3.8, 4) is 0 Å². The van der Waals surface area contributed by atoms with Gasteiger partial charge < -0.3 is 9.32 Å². The normalized spacial score (nSPS) is 25.4. The fourth-order valence-electron chi connectivity index (χ4n) is 4.01. The summed E-state index contributed by atoms with van der Waals surface area (Å²) in [6, 6.07) is 6.19. The first-order chi connectivity index (χ1) is 11.5. The molecule has 0 bridgehead atoms. The minimum Gasteiger partial charge on any atom is -0.408 e. The number of aromatic amines is 1. The third-order valence-corrected chi connectivity index (χ3v) is 5.98. The van der Waals surface area contributed by atoms with Crippen LogP contribution in [0.5, 0.6) is 0 Å². The first-order valence-electron chi connectivity index (χ1n) is 9.38. The number of nitrogens with one attached hydrogen (secondary N) is 1. The van der Waals surface area contributed by atoms with Gasteiger partial charge in [0.05, 0.1) is 5.52 Å². The van der Waals surface area contributed by atoms with Crippen LogP contribution in [0.25, 0.3) is 11.1 Å². The molecule has 2 heterocycles. The van der Waals surface area contributed by atoms with E-state index in [1.54, 1.807) is 0 Å². The third-order valence-electron chi connectivity index (χ3n) is 5.98. The summed E-state index contributed by atoms with van der Waals surface area (Å²) in [5.74, 6) is 0.211. The highest BCUT2D eigenvalue weighted by Gasteiger charge is 2.38. The van der Waals surface area contributed by atoms with Crippen molar-refractivity contribution in [2.75, 3.05) is 19.6 Å². The van der Waals surface area contributed by atoms with E-state index >= 15 is 0 Å². The molecule has 1 aromatic heterocycles. The lowest BCUT2D eigenvalue weighted by Crippen LogP contribution is -2.47. The Morgan fingerprint density at radius 1 is 1.33 bits per heavy atom. The summed E-state index contributed by atoms with van der Waals surface area (Å²) in [6.45, 7) is 10.5. The molecule has 1 aliphatic heterocycles. The van der Waals surface area contributed by atoms with Crippen molar-refractivity contribution < 1.29 is 4.42 Å². The van der Waals surface area contributed by atoms with E-state index in [4.69, 9.17) is 4.42 Å². The molecule has 1 aromatic carbocycles. The fraction of sp³-hybridized carbons (Fsp3) is 0.650. The van der Waals surface area contributed by atoms with Crippen LogP contribution in [0.15, 0.2) is 27.4 Å². The second kappa shape index (κ2) is 7.14. The number of aromatic nitrogens is 1. The SMILES string of the molecule is CCCCCCN1CCC(C)(c2ccc3[nH]c(=O)oc3c2)C(C)C1. The lowest BCUT2D eigenvalue weighted by Gasteiger charge is -2.45. The predicted molar refractivity (Wildman–Crippen MR) is 98.5 cm³/mol. The van der Waals surface area contributed by atoms with Crippen molar-refractivity contribution in [1.29, 1.82) is 0 Å². The molecule has 4 nitrogen and oxygen atoms in total. The lowest BCUT2D eigenvalue weighted by atomic mass is 9.68. The second-order valence-electron chi connectivity index (χ2n) is 7.66. The Hall–Kier alpha value is -1.55. The van der Waals surface area contributed by atoms with Gasteiger partial charge in [-0.2, -0.15) is 0 Å². The summed E-state index contributed by atoms with van der Waals surface area (Å²) < 4.78 is 5.26. The maximum absolute atomic E-state index is 11.4. The molecule has 3 rings (SSSR count). The zero-order chi connectivity index (χ0) is 17.2. The van der Waals surface area contributed by atoms with Crippen LogP contribution in [0.1, 0.15) is 58.4 Å². The predicted octanol–water partition coefficient (Wildman–Crippen LogP) is 4.30. The summed E-state index contributed by atoms with van der Waals surface area (Å²) in [5.41, 5.74) is 2.89. The van der Waals surface area contributed by atoms with Gasteiger partial charge >= 0.3 is 5.76 Å². The highest BCUT2D eigenvalue weighted by Crippen LogP contribution is 2.40. The van der Waals surface area contributed by atoms with Gasteiger partial charge in [0.2, 0.25) is 0 Å². The van der Waals surface area contributed by atoms with Crippen LogP contribution in [-0.4, -0.2) is 29.5 Å². The number of hydrogen-bond donors (Lipinski definition) is 1. The molecule has 0 amide bonds. The van der Waals surface area contributed by atoms with E-state index in [1.165, 1.54) is 37.8 Å². The summed E-state index contributed by atoms with van der Waals surface area (Å²) >= 11 is 0. The second-order valence-corrected chi connectivity index (χ2v) is 7.66. The smallest absolute Gasteiger partial charge is 0.408 e. The molecule has 132 valence electrons. The summed E-state index contributed by atoms with van der Waals surface area (Å²) in [7, 11) is 0. The van der Waals surface area contributed by atoms with Gasteiger partial charge in [-0.15, -0.1) is 0 Å².